The third-order valence-corrected chi connectivity index (χ3v) is 6.77. The number of fused-ring (bicyclic) bond motifs is 1. The maximum Gasteiger partial charge on any atom is 0.338 e. The summed E-state index contributed by atoms with van der Waals surface area (Å²) in [5, 5.41) is 8.80. The first-order valence-corrected chi connectivity index (χ1v) is 13.2. The molecule has 1 unspecified atom stereocenters. The van der Waals surface area contributed by atoms with Gasteiger partial charge in [-0.15, -0.1) is 5.10 Å². The van der Waals surface area contributed by atoms with Crippen LogP contribution in [0.2, 0.25) is 5.02 Å². The van der Waals surface area contributed by atoms with Crippen molar-refractivity contribution in [2.45, 2.75) is 51.4 Å². The molecule has 1 atom stereocenters. The zero-order chi connectivity index (χ0) is 25.7. The van der Waals surface area contributed by atoms with Crippen LogP contribution in [0.25, 0.3) is 0 Å². The van der Waals surface area contributed by atoms with Crippen molar-refractivity contribution in [2.24, 2.45) is 0 Å². The number of hydrogen-bond acceptors (Lipinski definition) is 7. The molecule has 1 aliphatic heterocycles. The number of anilines is 1. The molecule has 7 nitrogen and oxygen atoms in total. The second-order valence-corrected chi connectivity index (χ2v) is 9.85. The molecule has 0 radical (unpaired) electrons. The number of carbonyl (C=O) groups is 1. The van der Waals surface area contributed by atoms with Crippen LogP contribution in [0.4, 0.5) is 10.3 Å². The van der Waals surface area contributed by atoms with Crippen LogP contribution in [0.1, 0.15) is 50.8 Å². The first kappa shape index (κ1) is 26.0. The molecule has 1 N–H and O–H groups in total. The molecule has 1 aromatic heterocycles. The topological polar surface area (TPSA) is 78.3 Å². The Labute approximate surface area is 219 Å². The lowest BCUT2D eigenvalue weighted by Crippen LogP contribution is -2.29. The third kappa shape index (κ3) is 5.68. The normalized spacial score (nSPS) is 14.9. The van der Waals surface area contributed by atoms with Gasteiger partial charge in [0.15, 0.2) is 0 Å². The molecule has 1 aliphatic rings. The number of nitrogens with one attached hydrogen (secondary N) is 1. The number of nitrogens with zero attached hydrogens (tertiary/aromatic N) is 3. The summed E-state index contributed by atoms with van der Waals surface area (Å²) in [6, 6.07) is 11.3. The van der Waals surface area contributed by atoms with E-state index in [2.05, 4.69) is 15.4 Å². The Balaban J connectivity index is 1.62. The van der Waals surface area contributed by atoms with Crippen molar-refractivity contribution in [3.8, 4) is 5.75 Å². The highest BCUT2D eigenvalue weighted by Crippen LogP contribution is 2.37. The van der Waals surface area contributed by atoms with Gasteiger partial charge in [-0.3, -0.25) is 0 Å². The molecule has 10 heteroatoms. The van der Waals surface area contributed by atoms with Crippen molar-refractivity contribution >= 4 is 35.3 Å². The predicted octanol–water partition coefficient (Wildman–Crippen LogP) is 6.39. The molecular weight excluding hydrogens is 503 g/mol. The van der Waals surface area contributed by atoms with E-state index in [0.29, 0.717) is 45.3 Å². The highest BCUT2D eigenvalue weighted by Gasteiger charge is 2.35. The van der Waals surface area contributed by atoms with Crippen LogP contribution in [-0.4, -0.2) is 33.1 Å². The summed E-state index contributed by atoms with van der Waals surface area (Å²) < 4.78 is 27.2. The van der Waals surface area contributed by atoms with Gasteiger partial charge in [0.2, 0.25) is 11.1 Å². The summed E-state index contributed by atoms with van der Waals surface area (Å²) in [6.07, 6.45) is 1.72. The number of benzene rings is 2. The molecule has 0 saturated heterocycles. The Hall–Kier alpha value is -3.04. The Kier molecular flexibility index (Phi) is 8.53. The summed E-state index contributed by atoms with van der Waals surface area (Å²) in [5.74, 6) is 1.12. The summed E-state index contributed by atoms with van der Waals surface area (Å²) >= 11 is 7.63. The number of carbonyl (C=O) groups excluding carboxylic acids is 1. The van der Waals surface area contributed by atoms with E-state index in [1.165, 1.54) is 17.8 Å². The molecule has 0 spiro atoms. The van der Waals surface area contributed by atoms with Gasteiger partial charge >= 0.3 is 5.97 Å². The smallest absolute Gasteiger partial charge is 0.338 e. The van der Waals surface area contributed by atoms with Crippen LogP contribution in [0.3, 0.4) is 0 Å². The van der Waals surface area contributed by atoms with Crippen LogP contribution >= 0.6 is 23.4 Å². The zero-order valence-electron chi connectivity index (χ0n) is 20.4. The fourth-order valence-electron chi connectivity index (χ4n) is 3.85. The number of rotatable bonds is 10. The van der Waals surface area contributed by atoms with Gasteiger partial charge in [-0.05, 0) is 48.9 Å². The molecule has 0 fully saturated rings. The molecule has 0 amide bonds. The number of halogens is 2. The second kappa shape index (κ2) is 11.8. The second-order valence-electron chi connectivity index (χ2n) is 8.21. The SMILES string of the molecule is CCCCOC(=O)C1=C(C)Nc2nc(SCC)nn2C1c1ccc(OCc2c(F)cccc2Cl)cc1. The summed E-state index contributed by atoms with van der Waals surface area (Å²) in [4.78, 5) is 17.7. The number of esters is 1. The molecule has 0 bridgehead atoms. The van der Waals surface area contributed by atoms with Crippen LogP contribution in [0.5, 0.6) is 5.75 Å². The van der Waals surface area contributed by atoms with Crippen molar-refractivity contribution in [1.29, 1.82) is 0 Å². The Morgan fingerprint density at radius 3 is 2.69 bits per heavy atom. The van der Waals surface area contributed by atoms with E-state index in [1.54, 1.807) is 28.9 Å². The molecule has 2 heterocycles. The lowest BCUT2D eigenvalue weighted by Gasteiger charge is -2.28. The third-order valence-electron chi connectivity index (χ3n) is 5.70. The molecule has 190 valence electrons. The van der Waals surface area contributed by atoms with Gasteiger partial charge in [-0.25, -0.2) is 13.9 Å². The van der Waals surface area contributed by atoms with Crippen molar-refractivity contribution in [2.75, 3.05) is 17.7 Å². The minimum absolute atomic E-state index is 0.00293. The van der Waals surface area contributed by atoms with Gasteiger partial charge in [0.05, 0.1) is 17.2 Å². The highest BCUT2D eigenvalue weighted by atomic mass is 35.5. The fourth-order valence-corrected chi connectivity index (χ4v) is 4.63. The fraction of sp³-hybridized carbons (Fsp3) is 0.346. The van der Waals surface area contributed by atoms with E-state index in [1.807, 2.05) is 32.9 Å². The molecule has 0 aliphatic carbocycles. The van der Waals surface area contributed by atoms with E-state index in [0.717, 1.165) is 24.2 Å². The van der Waals surface area contributed by atoms with Gasteiger partial charge in [-0.1, -0.05) is 61.8 Å². The number of ether oxygens (including phenoxy) is 2. The van der Waals surface area contributed by atoms with Crippen LogP contribution in [0, 0.1) is 5.82 Å². The molecule has 3 aromatic rings. The van der Waals surface area contributed by atoms with Gasteiger partial charge in [-0.2, -0.15) is 4.98 Å². The van der Waals surface area contributed by atoms with Crippen molar-refractivity contribution in [3.05, 3.63) is 75.7 Å². The molecule has 2 aromatic carbocycles. The Morgan fingerprint density at radius 1 is 1.22 bits per heavy atom. The lowest BCUT2D eigenvalue weighted by molar-refractivity contribution is -0.139. The standard InChI is InChI=1S/C26H28ClFN4O3S/c1-4-6-14-34-24(33)22-16(3)29-25-30-26(36-5-2)31-32(25)23(22)17-10-12-18(13-11-17)35-15-19-20(27)8-7-9-21(19)28/h7-13,23H,4-6,14-15H2,1-3H3,(H,29,30,31). The minimum Gasteiger partial charge on any atom is -0.489 e. The van der Waals surface area contributed by atoms with Crippen LogP contribution in [-0.2, 0) is 16.1 Å². The molecule has 4 rings (SSSR count). The summed E-state index contributed by atoms with van der Waals surface area (Å²) in [6.45, 7) is 6.26. The van der Waals surface area contributed by atoms with Crippen LogP contribution < -0.4 is 10.1 Å². The largest absolute Gasteiger partial charge is 0.489 e. The van der Waals surface area contributed by atoms with Gasteiger partial charge in [0.1, 0.15) is 24.2 Å². The summed E-state index contributed by atoms with van der Waals surface area (Å²) in [7, 11) is 0. The lowest BCUT2D eigenvalue weighted by atomic mass is 9.96. The Morgan fingerprint density at radius 2 is 2.00 bits per heavy atom. The van der Waals surface area contributed by atoms with Gasteiger partial charge < -0.3 is 14.8 Å². The predicted molar refractivity (Wildman–Crippen MR) is 139 cm³/mol. The van der Waals surface area contributed by atoms with E-state index in [4.69, 9.17) is 21.1 Å². The first-order valence-electron chi connectivity index (χ1n) is 11.8. The first-order chi connectivity index (χ1) is 17.4. The zero-order valence-corrected chi connectivity index (χ0v) is 22.0. The number of unbranched alkanes of at least 4 members (excludes halogenated alkanes) is 1. The molecular formula is C26H28ClFN4O3S. The van der Waals surface area contributed by atoms with Crippen molar-refractivity contribution in [1.82, 2.24) is 14.8 Å². The van der Waals surface area contributed by atoms with Gasteiger partial charge in [0, 0.05) is 11.3 Å². The van der Waals surface area contributed by atoms with Crippen molar-refractivity contribution < 1.29 is 18.7 Å². The average molecular weight is 531 g/mol. The highest BCUT2D eigenvalue weighted by molar-refractivity contribution is 7.99. The number of allylic oxidation sites excluding steroid dienone is 1. The van der Waals surface area contributed by atoms with E-state index in [9.17, 15) is 9.18 Å². The number of aromatic nitrogens is 3. The monoisotopic (exact) mass is 530 g/mol. The molecule has 0 saturated carbocycles. The van der Waals surface area contributed by atoms with Gasteiger partial charge in [0.25, 0.3) is 0 Å². The van der Waals surface area contributed by atoms with E-state index in [-0.39, 0.29) is 12.6 Å². The number of hydrogen-bond donors (Lipinski definition) is 1. The van der Waals surface area contributed by atoms with Crippen LogP contribution in [0.15, 0.2) is 58.9 Å². The van der Waals surface area contributed by atoms with E-state index < -0.39 is 11.9 Å². The molecule has 36 heavy (non-hydrogen) atoms. The summed E-state index contributed by atoms with van der Waals surface area (Å²) in [5.41, 5.74) is 2.26. The maximum absolute atomic E-state index is 14.1. The number of thioether (sulfide) groups is 1. The maximum atomic E-state index is 14.1. The quantitative estimate of drug-likeness (QED) is 0.185. The van der Waals surface area contributed by atoms with E-state index >= 15 is 0 Å². The average Bonchev–Trinajstić information content (AvgIpc) is 3.25. The minimum atomic E-state index is -0.524. The van der Waals surface area contributed by atoms with Crippen molar-refractivity contribution in [3.63, 3.8) is 0 Å². The Bertz CT molecular complexity index is 1240.